The minimum absolute atomic E-state index is 0.0178. The number of carbonyl (C=O) groups excluding carboxylic acids is 1. The second-order valence-electron chi connectivity index (χ2n) is 7.12. The van der Waals surface area contributed by atoms with Crippen molar-refractivity contribution in [3.63, 3.8) is 0 Å². The number of ether oxygens (including phenoxy) is 1. The van der Waals surface area contributed by atoms with Crippen molar-refractivity contribution in [1.82, 2.24) is 0 Å². The molecule has 3 N–H and O–H groups in total. The van der Waals surface area contributed by atoms with Crippen molar-refractivity contribution < 1.29 is 19.3 Å². The van der Waals surface area contributed by atoms with E-state index in [1.54, 1.807) is 6.07 Å². The van der Waals surface area contributed by atoms with E-state index in [0.717, 1.165) is 45.1 Å². The lowest BCUT2D eigenvalue weighted by molar-refractivity contribution is -1.01. The fourth-order valence-corrected chi connectivity index (χ4v) is 3.50. The van der Waals surface area contributed by atoms with Gasteiger partial charge in [-0.25, -0.2) is 0 Å². The van der Waals surface area contributed by atoms with Crippen LogP contribution in [0.3, 0.4) is 0 Å². The van der Waals surface area contributed by atoms with E-state index in [1.165, 1.54) is 15.4 Å². The summed E-state index contributed by atoms with van der Waals surface area (Å²) in [7, 11) is 0. The highest BCUT2D eigenvalue weighted by Gasteiger charge is 2.24. The van der Waals surface area contributed by atoms with E-state index in [0.29, 0.717) is 17.3 Å². The summed E-state index contributed by atoms with van der Waals surface area (Å²) < 4.78 is 5.83. The number of quaternary nitrogens is 2. The molecule has 0 atom stereocenters. The topological polar surface area (TPSA) is 47.2 Å². The molecule has 5 nitrogen and oxygen atoms in total. The largest absolute Gasteiger partial charge is 0.488 e. The van der Waals surface area contributed by atoms with Gasteiger partial charge in [0.1, 0.15) is 45.1 Å². The molecule has 1 fully saturated rings. The Morgan fingerprint density at radius 2 is 1.70 bits per heavy atom. The number of carbonyl (C=O) groups is 1. The third-order valence-electron chi connectivity index (χ3n) is 4.97. The van der Waals surface area contributed by atoms with Gasteiger partial charge in [0.15, 0.2) is 6.54 Å². The van der Waals surface area contributed by atoms with E-state index < -0.39 is 0 Å². The maximum absolute atomic E-state index is 12.2. The quantitative estimate of drug-likeness (QED) is 0.644. The smallest absolute Gasteiger partial charge is 0.279 e. The molecule has 1 saturated heterocycles. The van der Waals surface area contributed by atoms with Crippen LogP contribution in [0, 0.1) is 6.92 Å². The summed E-state index contributed by atoms with van der Waals surface area (Å²) in [6.45, 7) is 8.39. The lowest BCUT2D eigenvalue weighted by Crippen LogP contribution is -3.28. The standard InChI is InChI=1S/C21H26ClN3O2/c1-17-6-8-18(9-7-17)27-15-14-24-10-12-25(13-11-24)16-21(26)23-20-5-3-2-4-19(20)22/h2-9H,10-16H2,1H3,(H,23,26)/p+2. The zero-order chi connectivity index (χ0) is 19.1. The fourth-order valence-electron chi connectivity index (χ4n) is 3.32. The highest BCUT2D eigenvalue weighted by Crippen LogP contribution is 2.19. The molecule has 0 aliphatic carbocycles. The van der Waals surface area contributed by atoms with Crippen LogP contribution in [0.1, 0.15) is 5.56 Å². The Kier molecular flexibility index (Phi) is 7.10. The summed E-state index contributed by atoms with van der Waals surface area (Å²) in [5, 5.41) is 3.48. The Balaban J connectivity index is 1.34. The molecule has 1 aliphatic rings. The van der Waals surface area contributed by atoms with E-state index >= 15 is 0 Å². The number of rotatable bonds is 7. The number of piperazine rings is 1. The van der Waals surface area contributed by atoms with Crippen LogP contribution >= 0.6 is 11.6 Å². The van der Waals surface area contributed by atoms with E-state index in [1.807, 2.05) is 30.3 Å². The SMILES string of the molecule is Cc1ccc(OCC[NH+]2CC[NH+](CC(=O)Nc3ccccc3Cl)CC2)cc1. The maximum atomic E-state index is 12.2. The number of anilines is 1. The number of benzene rings is 2. The summed E-state index contributed by atoms with van der Waals surface area (Å²) in [4.78, 5) is 15.1. The van der Waals surface area contributed by atoms with Gasteiger partial charge in [0.05, 0.1) is 10.7 Å². The Bertz CT molecular complexity index is 743. The van der Waals surface area contributed by atoms with Gasteiger partial charge in [0.25, 0.3) is 5.91 Å². The average Bonchev–Trinajstić information content (AvgIpc) is 2.67. The predicted octanol–water partition coefficient (Wildman–Crippen LogP) is 0.449. The van der Waals surface area contributed by atoms with Crippen molar-refractivity contribution in [2.75, 3.05) is 51.2 Å². The number of hydrogen-bond acceptors (Lipinski definition) is 2. The summed E-state index contributed by atoms with van der Waals surface area (Å²) in [5.41, 5.74) is 1.92. The van der Waals surface area contributed by atoms with Gasteiger partial charge >= 0.3 is 0 Å². The molecule has 0 bridgehead atoms. The lowest BCUT2D eigenvalue weighted by Gasteiger charge is -2.29. The van der Waals surface area contributed by atoms with Crippen molar-refractivity contribution in [3.8, 4) is 5.75 Å². The molecule has 0 unspecified atom stereocenters. The third-order valence-corrected chi connectivity index (χ3v) is 5.30. The van der Waals surface area contributed by atoms with Crippen LogP contribution in [-0.4, -0.2) is 51.8 Å². The first kappa shape index (κ1) is 19.7. The van der Waals surface area contributed by atoms with Crippen molar-refractivity contribution in [1.29, 1.82) is 0 Å². The third kappa shape index (κ3) is 6.24. The number of para-hydroxylation sites is 1. The average molecular weight is 390 g/mol. The molecule has 1 heterocycles. The molecular weight excluding hydrogens is 362 g/mol. The van der Waals surface area contributed by atoms with Crippen LogP contribution in [0.2, 0.25) is 5.02 Å². The van der Waals surface area contributed by atoms with Crippen LogP contribution in [0.25, 0.3) is 0 Å². The number of halogens is 1. The molecule has 2 aromatic carbocycles. The van der Waals surface area contributed by atoms with E-state index in [-0.39, 0.29) is 5.91 Å². The number of nitrogens with one attached hydrogen (secondary N) is 3. The first-order chi connectivity index (χ1) is 13.1. The Morgan fingerprint density at radius 3 is 2.41 bits per heavy atom. The fraction of sp³-hybridized carbons (Fsp3) is 0.381. The number of amides is 1. The maximum Gasteiger partial charge on any atom is 0.279 e. The van der Waals surface area contributed by atoms with Crippen LogP contribution in [0.5, 0.6) is 5.75 Å². The Labute approximate surface area is 165 Å². The highest BCUT2D eigenvalue weighted by atomic mass is 35.5. The summed E-state index contributed by atoms with van der Waals surface area (Å²) in [6, 6.07) is 15.5. The van der Waals surface area contributed by atoms with Gasteiger partial charge in [0.2, 0.25) is 0 Å². The summed E-state index contributed by atoms with van der Waals surface area (Å²) in [5.74, 6) is 0.949. The number of hydrogen-bond donors (Lipinski definition) is 3. The zero-order valence-electron chi connectivity index (χ0n) is 15.8. The van der Waals surface area contributed by atoms with Crippen molar-refractivity contribution in [2.45, 2.75) is 6.92 Å². The second-order valence-corrected chi connectivity index (χ2v) is 7.52. The first-order valence-electron chi connectivity index (χ1n) is 9.51. The normalized spacial score (nSPS) is 19.5. The van der Waals surface area contributed by atoms with Crippen molar-refractivity contribution >= 4 is 23.2 Å². The molecule has 0 radical (unpaired) electrons. The van der Waals surface area contributed by atoms with Gasteiger partial charge < -0.3 is 19.9 Å². The van der Waals surface area contributed by atoms with Crippen LogP contribution in [0.15, 0.2) is 48.5 Å². The van der Waals surface area contributed by atoms with Gasteiger partial charge in [-0.3, -0.25) is 4.79 Å². The predicted molar refractivity (Wildman–Crippen MR) is 108 cm³/mol. The van der Waals surface area contributed by atoms with Crippen LogP contribution in [-0.2, 0) is 4.79 Å². The molecule has 3 rings (SSSR count). The summed E-state index contributed by atoms with van der Waals surface area (Å²) in [6.07, 6.45) is 0. The molecule has 0 saturated carbocycles. The van der Waals surface area contributed by atoms with E-state index in [4.69, 9.17) is 16.3 Å². The molecule has 0 aromatic heterocycles. The van der Waals surface area contributed by atoms with Gasteiger partial charge in [-0.2, -0.15) is 0 Å². The van der Waals surface area contributed by atoms with Crippen LogP contribution in [0.4, 0.5) is 5.69 Å². The minimum Gasteiger partial charge on any atom is -0.488 e. The molecule has 1 aliphatic heterocycles. The van der Waals surface area contributed by atoms with E-state index in [2.05, 4.69) is 24.4 Å². The monoisotopic (exact) mass is 389 g/mol. The lowest BCUT2D eigenvalue weighted by atomic mass is 10.2. The molecular formula is C21H28ClN3O2+2. The van der Waals surface area contributed by atoms with Gasteiger partial charge in [0, 0.05) is 0 Å². The molecule has 27 heavy (non-hydrogen) atoms. The second kappa shape index (κ2) is 9.74. The van der Waals surface area contributed by atoms with Gasteiger partial charge in [-0.1, -0.05) is 41.4 Å². The molecule has 144 valence electrons. The van der Waals surface area contributed by atoms with E-state index in [9.17, 15) is 4.79 Å². The summed E-state index contributed by atoms with van der Waals surface area (Å²) >= 11 is 6.09. The van der Waals surface area contributed by atoms with Crippen LogP contribution < -0.4 is 19.9 Å². The molecule has 0 spiro atoms. The van der Waals surface area contributed by atoms with Gasteiger partial charge in [-0.05, 0) is 31.2 Å². The first-order valence-corrected chi connectivity index (χ1v) is 9.89. The van der Waals surface area contributed by atoms with Crippen molar-refractivity contribution in [2.24, 2.45) is 0 Å². The highest BCUT2D eigenvalue weighted by molar-refractivity contribution is 6.33. The van der Waals surface area contributed by atoms with Crippen molar-refractivity contribution in [3.05, 3.63) is 59.1 Å². The van der Waals surface area contributed by atoms with Gasteiger partial charge in [-0.15, -0.1) is 0 Å². The molecule has 1 amide bonds. The Hall–Kier alpha value is -2.08. The molecule has 6 heteroatoms. The number of aryl methyl sites for hydroxylation is 1. The molecule has 2 aromatic rings. The Morgan fingerprint density at radius 1 is 1.04 bits per heavy atom. The minimum atomic E-state index is 0.0178. The zero-order valence-corrected chi connectivity index (χ0v) is 16.5.